The third kappa shape index (κ3) is 1.84. The van der Waals surface area contributed by atoms with Gasteiger partial charge < -0.3 is 0 Å². The summed E-state index contributed by atoms with van der Waals surface area (Å²) in [7, 11) is 0. The molecular formula is C8H8BrNO2. The summed E-state index contributed by atoms with van der Waals surface area (Å²) in [6.07, 6.45) is 0. The molecule has 0 aromatic heterocycles. The number of hydroxylamine groups is 1. The molecule has 0 aliphatic carbocycles. The molecule has 1 amide bonds. The Hall–Kier alpha value is -0.870. The standard InChI is InChI=1S/C8H8BrNO2/c1-5-2-3-6(4-7(5)9)8(11)10-12/h2-4,12H,1H3,(H,10,11). The summed E-state index contributed by atoms with van der Waals surface area (Å²) in [5, 5.41) is 8.33. The summed E-state index contributed by atoms with van der Waals surface area (Å²) in [5.41, 5.74) is 3.04. The van der Waals surface area contributed by atoms with Crippen LogP contribution >= 0.6 is 15.9 Å². The quantitative estimate of drug-likeness (QED) is 0.571. The van der Waals surface area contributed by atoms with E-state index < -0.39 is 5.91 Å². The molecule has 0 saturated heterocycles. The first kappa shape index (κ1) is 9.22. The highest BCUT2D eigenvalue weighted by Gasteiger charge is 2.04. The van der Waals surface area contributed by atoms with Crippen molar-refractivity contribution in [2.45, 2.75) is 6.92 Å². The molecule has 1 aromatic carbocycles. The van der Waals surface area contributed by atoms with E-state index in [2.05, 4.69) is 15.9 Å². The first-order valence-electron chi connectivity index (χ1n) is 3.35. The van der Waals surface area contributed by atoms with Crippen molar-refractivity contribution in [3.63, 3.8) is 0 Å². The molecule has 0 radical (unpaired) electrons. The number of rotatable bonds is 1. The van der Waals surface area contributed by atoms with Crippen LogP contribution in [0.15, 0.2) is 22.7 Å². The number of hydrogen-bond acceptors (Lipinski definition) is 2. The van der Waals surface area contributed by atoms with Gasteiger partial charge in [-0.1, -0.05) is 22.0 Å². The molecule has 0 heterocycles. The van der Waals surface area contributed by atoms with Gasteiger partial charge in [0.15, 0.2) is 0 Å². The molecule has 2 N–H and O–H groups in total. The maximum atomic E-state index is 10.9. The third-order valence-corrected chi connectivity index (χ3v) is 2.39. The fourth-order valence-electron chi connectivity index (χ4n) is 0.799. The van der Waals surface area contributed by atoms with Crippen molar-refractivity contribution in [2.24, 2.45) is 0 Å². The fourth-order valence-corrected chi connectivity index (χ4v) is 1.18. The first-order chi connectivity index (χ1) is 5.65. The Kier molecular flexibility index (Phi) is 2.83. The Morgan fingerprint density at radius 1 is 1.58 bits per heavy atom. The SMILES string of the molecule is Cc1ccc(C(=O)NO)cc1Br. The van der Waals surface area contributed by atoms with Crippen LogP contribution in [0.1, 0.15) is 15.9 Å². The van der Waals surface area contributed by atoms with Crippen LogP contribution in [0.4, 0.5) is 0 Å². The summed E-state index contributed by atoms with van der Waals surface area (Å²) in [4.78, 5) is 10.9. The Bertz CT molecular complexity index is 312. The van der Waals surface area contributed by atoms with Crippen LogP contribution in [0.5, 0.6) is 0 Å². The maximum absolute atomic E-state index is 10.9. The molecule has 1 rings (SSSR count). The summed E-state index contributed by atoms with van der Waals surface area (Å²) in [6.45, 7) is 1.92. The van der Waals surface area contributed by atoms with E-state index in [-0.39, 0.29) is 0 Å². The fraction of sp³-hybridized carbons (Fsp3) is 0.125. The lowest BCUT2D eigenvalue weighted by Crippen LogP contribution is -2.18. The van der Waals surface area contributed by atoms with Crippen molar-refractivity contribution in [1.29, 1.82) is 0 Å². The lowest BCUT2D eigenvalue weighted by atomic mass is 10.1. The van der Waals surface area contributed by atoms with Crippen molar-refractivity contribution in [2.75, 3.05) is 0 Å². The highest BCUT2D eigenvalue weighted by atomic mass is 79.9. The number of halogens is 1. The zero-order valence-electron chi connectivity index (χ0n) is 6.47. The van der Waals surface area contributed by atoms with E-state index in [9.17, 15) is 4.79 Å². The molecule has 4 heteroatoms. The van der Waals surface area contributed by atoms with E-state index >= 15 is 0 Å². The van der Waals surface area contributed by atoms with E-state index in [4.69, 9.17) is 5.21 Å². The van der Waals surface area contributed by atoms with Crippen LogP contribution in [0.3, 0.4) is 0 Å². The Balaban J connectivity index is 3.05. The largest absolute Gasteiger partial charge is 0.288 e. The number of nitrogens with one attached hydrogen (secondary N) is 1. The Morgan fingerprint density at radius 2 is 2.25 bits per heavy atom. The zero-order valence-corrected chi connectivity index (χ0v) is 8.05. The predicted octanol–water partition coefficient (Wildman–Crippen LogP) is 1.88. The number of carbonyl (C=O) groups excluding carboxylic acids is 1. The van der Waals surface area contributed by atoms with Gasteiger partial charge in [-0.2, -0.15) is 0 Å². The van der Waals surface area contributed by atoms with Crippen LogP contribution in [0.25, 0.3) is 0 Å². The van der Waals surface area contributed by atoms with Gasteiger partial charge in [0.2, 0.25) is 0 Å². The first-order valence-corrected chi connectivity index (χ1v) is 4.15. The third-order valence-electron chi connectivity index (χ3n) is 1.54. The van der Waals surface area contributed by atoms with Crippen LogP contribution in [0.2, 0.25) is 0 Å². The van der Waals surface area contributed by atoms with Crippen molar-refractivity contribution in [3.8, 4) is 0 Å². The minimum Gasteiger partial charge on any atom is -0.288 e. The van der Waals surface area contributed by atoms with Crippen LogP contribution in [-0.4, -0.2) is 11.1 Å². The molecule has 64 valence electrons. The molecule has 0 spiro atoms. The lowest BCUT2D eigenvalue weighted by Gasteiger charge is -2.01. The molecule has 0 aliphatic heterocycles. The van der Waals surface area contributed by atoms with Gasteiger partial charge in [0, 0.05) is 10.0 Å². The molecule has 0 saturated carbocycles. The van der Waals surface area contributed by atoms with Gasteiger partial charge in [-0.3, -0.25) is 10.0 Å². The summed E-state index contributed by atoms with van der Waals surface area (Å²) in [5.74, 6) is -0.504. The topological polar surface area (TPSA) is 49.3 Å². The van der Waals surface area contributed by atoms with Crippen LogP contribution < -0.4 is 5.48 Å². The van der Waals surface area contributed by atoms with Crippen LogP contribution in [0, 0.1) is 6.92 Å². The second-order valence-corrected chi connectivity index (χ2v) is 3.26. The minimum atomic E-state index is -0.504. The predicted molar refractivity (Wildman–Crippen MR) is 48.1 cm³/mol. The molecule has 0 bridgehead atoms. The molecule has 0 aliphatic rings. The van der Waals surface area contributed by atoms with Crippen molar-refractivity contribution in [1.82, 2.24) is 5.48 Å². The second-order valence-electron chi connectivity index (χ2n) is 2.40. The Morgan fingerprint density at radius 3 is 2.75 bits per heavy atom. The lowest BCUT2D eigenvalue weighted by molar-refractivity contribution is 0.0706. The minimum absolute atomic E-state index is 0.426. The van der Waals surface area contributed by atoms with E-state index in [1.165, 1.54) is 0 Å². The summed E-state index contributed by atoms with van der Waals surface area (Å²) < 4.78 is 0.851. The van der Waals surface area contributed by atoms with Crippen molar-refractivity contribution in [3.05, 3.63) is 33.8 Å². The van der Waals surface area contributed by atoms with E-state index in [1.807, 2.05) is 6.92 Å². The second kappa shape index (κ2) is 3.69. The van der Waals surface area contributed by atoms with Gasteiger partial charge in [-0.25, -0.2) is 5.48 Å². The van der Waals surface area contributed by atoms with Gasteiger partial charge in [-0.15, -0.1) is 0 Å². The average molecular weight is 230 g/mol. The van der Waals surface area contributed by atoms with E-state index in [0.29, 0.717) is 5.56 Å². The van der Waals surface area contributed by atoms with E-state index in [0.717, 1.165) is 10.0 Å². The number of hydrogen-bond donors (Lipinski definition) is 2. The highest BCUT2D eigenvalue weighted by Crippen LogP contribution is 2.17. The van der Waals surface area contributed by atoms with Gasteiger partial charge in [-0.05, 0) is 24.6 Å². The number of amides is 1. The Labute approximate surface area is 78.5 Å². The van der Waals surface area contributed by atoms with Gasteiger partial charge in [0.05, 0.1) is 0 Å². The maximum Gasteiger partial charge on any atom is 0.274 e. The smallest absolute Gasteiger partial charge is 0.274 e. The van der Waals surface area contributed by atoms with Crippen molar-refractivity contribution < 1.29 is 10.0 Å². The number of benzene rings is 1. The van der Waals surface area contributed by atoms with E-state index in [1.54, 1.807) is 23.7 Å². The molecule has 0 atom stereocenters. The molecular weight excluding hydrogens is 222 g/mol. The monoisotopic (exact) mass is 229 g/mol. The molecule has 0 fully saturated rings. The molecule has 3 nitrogen and oxygen atoms in total. The summed E-state index contributed by atoms with van der Waals surface area (Å²) >= 11 is 3.28. The van der Waals surface area contributed by atoms with Crippen LogP contribution in [-0.2, 0) is 0 Å². The van der Waals surface area contributed by atoms with Gasteiger partial charge >= 0.3 is 0 Å². The zero-order chi connectivity index (χ0) is 9.14. The number of carbonyl (C=O) groups is 1. The molecule has 0 unspecified atom stereocenters. The average Bonchev–Trinajstić information content (AvgIpc) is 2.08. The van der Waals surface area contributed by atoms with Gasteiger partial charge in [0.1, 0.15) is 0 Å². The number of aryl methyl sites for hydroxylation is 1. The van der Waals surface area contributed by atoms with Gasteiger partial charge in [0.25, 0.3) is 5.91 Å². The molecule has 12 heavy (non-hydrogen) atoms. The summed E-state index contributed by atoms with van der Waals surface area (Å²) in [6, 6.07) is 5.10. The molecule has 1 aromatic rings. The highest BCUT2D eigenvalue weighted by molar-refractivity contribution is 9.10. The normalized spacial score (nSPS) is 9.58. The van der Waals surface area contributed by atoms with Crippen molar-refractivity contribution >= 4 is 21.8 Å².